The zero-order chi connectivity index (χ0) is 10.9. The van der Waals surface area contributed by atoms with Crippen molar-refractivity contribution in [1.82, 2.24) is 0 Å². The van der Waals surface area contributed by atoms with Crippen molar-refractivity contribution >= 4 is 38.3 Å². The van der Waals surface area contributed by atoms with E-state index in [9.17, 15) is 13.4 Å². The Hall–Kier alpha value is -0.650. The fraction of sp³-hybridized carbons (Fsp3) is 0. The van der Waals surface area contributed by atoms with Crippen LogP contribution in [0.15, 0.2) is 17.0 Å². The topological polar surface area (TPSA) is 54.4 Å². The van der Waals surface area contributed by atoms with Crippen molar-refractivity contribution in [2.75, 3.05) is 0 Å². The highest BCUT2D eigenvalue weighted by molar-refractivity contribution is 8.08. The van der Waals surface area contributed by atoms with E-state index in [1.807, 2.05) is 0 Å². The Labute approximate surface area is 90.4 Å². The van der Waals surface area contributed by atoms with Crippen molar-refractivity contribution < 1.29 is 18.5 Å². The molecule has 0 aliphatic rings. The largest absolute Gasteiger partial charge is 0.478 e. The van der Waals surface area contributed by atoms with Crippen LogP contribution < -0.4 is 0 Å². The molecule has 1 N–H and O–H groups in total. The fourth-order valence-electron chi connectivity index (χ4n) is 0.812. The third-order valence-electron chi connectivity index (χ3n) is 1.42. The summed E-state index contributed by atoms with van der Waals surface area (Å²) in [6, 6.07) is 1.90. The van der Waals surface area contributed by atoms with Gasteiger partial charge >= 0.3 is 5.97 Å². The highest BCUT2D eigenvalue weighted by Crippen LogP contribution is 2.23. The lowest BCUT2D eigenvalue weighted by molar-refractivity contribution is 0.0691. The second kappa shape index (κ2) is 4.25. The van der Waals surface area contributed by atoms with Gasteiger partial charge < -0.3 is 5.11 Å². The predicted molar refractivity (Wildman–Crippen MR) is 50.6 cm³/mol. The summed E-state index contributed by atoms with van der Waals surface area (Å²) in [4.78, 5) is 10.5. The Morgan fingerprint density at radius 2 is 2.07 bits per heavy atom. The number of aromatic carboxylic acids is 1. The summed E-state index contributed by atoms with van der Waals surface area (Å²) in [7, 11) is 3.29. The summed E-state index contributed by atoms with van der Waals surface area (Å²) in [5.41, 5.74) is -0.651. The molecule has 1 rings (SSSR count). The molecule has 1 unspecified atom stereocenters. The lowest BCUT2D eigenvalue weighted by Crippen LogP contribution is -2.02. The summed E-state index contributed by atoms with van der Waals surface area (Å²) in [5.74, 6) is -2.56. The number of benzene rings is 1. The quantitative estimate of drug-likeness (QED) is 0.828. The van der Waals surface area contributed by atoms with Crippen LogP contribution in [-0.2, 0) is 10.0 Å². The average Bonchev–Trinajstić information content (AvgIpc) is 2.08. The van der Waals surface area contributed by atoms with Gasteiger partial charge in [0.2, 0.25) is 0 Å². The van der Waals surface area contributed by atoms with Crippen molar-refractivity contribution in [2.45, 2.75) is 4.90 Å². The maximum Gasteiger partial charge on any atom is 0.338 e. The van der Waals surface area contributed by atoms with Gasteiger partial charge in [-0.2, -0.15) is 0 Å². The Morgan fingerprint density at radius 3 is 2.50 bits per heavy atom. The molecule has 76 valence electrons. The summed E-state index contributed by atoms with van der Waals surface area (Å²) in [5, 5.41) is 8.13. The van der Waals surface area contributed by atoms with Gasteiger partial charge in [0.1, 0.15) is 10.0 Å². The normalized spacial score (nSPS) is 12.5. The van der Waals surface area contributed by atoms with Gasteiger partial charge in [-0.15, -0.1) is 0 Å². The van der Waals surface area contributed by atoms with E-state index in [1.54, 1.807) is 0 Å². The van der Waals surface area contributed by atoms with Crippen LogP contribution in [-0.4, -0.2) is 15.3 Å². The van der Waals surface area contributed by atoms with E-state index < -0.39 is 32.4 Å². The van der Waals surface area contributed by atoms with Crippen molar-refractivity contribution in [3.8, 4) is 0 Å². The molecular weight excluding hydrogens is 254 g/mol. The van der Waals surface area contributed by atoms with Gasteiger partial charge in [0, 0.05) is 0 Å². The van der Waals surface area contributed by atoms with Crippen LogP contribution in [0.2, 0.25) is 5.02 Å². The lowest BCUT2D eigenvalue weighted by Gasteiger charge is -2.01. The van der Waals surface area contributed by atoms with E-state index in [1.165, 1.54) is 0 Å². The Morgan fingerprint density at radius 1 is 1.50 bits per heavy atom. The second-order valence-corrected chi connectivity index (χ2v) is 4.46. The number of carboxylic acids is 1. The van der Waals surface area contributed by atoms with E-state index in [4.69, 9.17) is 27.4 Å². The van der Waals surface area contributed by atoms with Gasteiger partial charge in [-0.25, -0.2) is 13.4 Å². The van der Waals surface area contributed by atoms with Crippen molar-refractivity contribution in [3.63, 3.8) is 0 Å². The van der Waals surface area contributed by atoms with Crippen LogP contribution >= 0.6 is 22.3 Å². The molecule has 0 saturated carbocycles. The number of hydrogen-bond acceptors (Lipinski definition) is 2. The first-order valence-corrected chi connectivity index (χ1v) is 5.59. The average molecular weight is 257 g/mol. The third-order valence-corrected chi connectivity index (χ3v) is 2.83. The highest BCUT2D eigenvalue weighted by atomic mass is 35.7. The van der Waals surface area contributed by atoms with E-state index in [0.717, 1.165) is 12.1 Å². The molecule has 0 radical (unpaired) electrons. The van der Waals surface area contributed by atoms with E-state index >= 15 is 0 Å². The van der Waals surface area contributed by atoms with E-state index in [-0.39, 0.29) is 4.90 Å². The number of halogens is 3. The minimum Gasteiger partial charge on any atom is -0.478 e. The number of hydrogen-bond donors (Lipinski definition) is 1. The molecule has 3 nitrogen and oxygen atoms in total. The molecule has 0 aromatic heterocycles. The number of carboxylic acid groups (broad SMARTS) is 1. The van der Waals surface area contributed by atoms with Gasteiger partial charge in [-0.3, -0.25) is 0 Å². The molecule has 0 aliphatic heterocycles. The van der Waals surface area contributed by atoms with Crippen LogP contribution in [0.4, 0.5) is 4.39 Å². The van der Waals surface area contributed by atoms with Gasteiger partial charge in [0.05, 0.1) is 15.5 Å². The Balaban J connectivity index is 3.43. The Bertz CT molecular complexity index is 422. The maximum absolute atomic E-state index is 13.0. The zero-order valence-corrected chi connectivity index (χ0v) is 8.79. The summed E-state index contributed by atoms with van der Waals surface area (Å²) < 4.78 is 23.8. The Kier molecular flexibility index (Phi) is 3.47. The molecule has 14 heavy (non-hydrogen) atoms. The molecule has 0 bridgehead atoms. The lowest BCUT2D eigenvalue weighted by atomic mass is 10.2. The molecule has 1 atom stereocenters. The van der Waals surface area contributed by atoms with Crippen LogP contribution in [0.1, 0.15) is 10.4 Å². The van der Waals surface area contributed by atoms with Crippen molar-refractivity contribution in [2.24, 2.45) is 0 Å². The standard InChI is InChI=1S/C7H3Cl2FO3S/c8-5-2-3(14(9)13)1-4(6(5)10)7(11)12/h1-2H,(H,11,12). The first-order chi connectivity index (χ1) is 6.43. The fourth-order valence-corrected chi connectivity index (χ4v) is 1.78. The van der Waals surface area contributed by atoms with Crippen molar-refractivity contribution in [1.29, 1.82) is 0 Å². The third kappa shape index (κ3) is 2.23. The van der Waals surface area contributed by atoms with Crippen LogP contribution in [0.3, 0.4) is 0 Å². The minimum absolute atomic E-state index is 0.0459. The number of rotatable bonds is 2. The number of carbonyl (C=O) groups is 1. The van der Waals surface area contributed by atoms with Gasteiger partial charge in [-0.05, 0) is 22.8 Å². The van der Waals surface area contributed by atoms with Gasteiger partial charge in [-0.1, -0.05) is 11.6 Å². The van der Waals surface area contributed by atoms with E-state index in [2.05, 4.69) is 0 Å². The second-order valence-electron chi connectivity index (χ2n) is 2.30. The van der Waals surface area contributed by atoms with Crippen molar-refractivity contribution in [3.05, 3.63) is 28.5 Å². The molecule has 0 amide bonds. The van der Waals surface area contributed by atoms with Crippen LogP contribution in [0.5, 0.6) is 0 Å². The molecule has 0 saturated heterocycles. The van der Waals surface area contributed by atoms with Crippen LogP contribution in [0.25, 0.3) is 0 Å². The summed E-state index contributed by atoms with van der Waals surface area (Å²) in [6.45, 7) is 0. The molecular formula is C7H3Cl2FO3S. The van der Waals surface area contributed by atoms with Gasteiger partial charge in [0.25, 0.3) is 0 Å². The summed E-state index contributed by atoms with van der Waals surface area (Å²) >= 11 is 5.38. The minimum atomic E-state index is -1.92. The first kappa shape index (κ1) is 11.4. The van der Waals surface area contributed by atoms with Gasteiger partial charge in [0.15, 0.2) is 5.82 Å². The SMILES string of the molecule is O=C(O)c1cc(S(=O)Cl)cc(Cl)c1F. The zero-order valence-electron chi connectivity index (χ0n) is 6.46. The first-order valence-electron chi connectivity index (χ1n) is 3.24. The molecule has 1 aromatic rings. The molecule has 0 fully saturated rings. The molecule has 0 heterocycles. The predicted octanol–water partition coefficient (Wildman–Crippen LogP) is 2.44. The smallest absolute Gasteiger partial charge is 0.338 e. The van der Waals surface area contributed by atoms with E-state index in [0.29, 0.717) is 0 Å². The molecule has 0 aliphatic carbocycles. The summed E-state index contributed by atoms with van der Waals surface area (Å²) in [6.07, 6.45) is 0. The van der Waals surface area contributed by atoms with Crippen LogP contribution in [0, 0.1) is 5.82 Å². The molecule has 0 spiro atoms. The monoisotopic (exact) mass is 256 g/mol. The highest BCUT2D eigenvalue weighted by Gasteiger charge is 2.16. The molecule has 1 aromatic carbocycles. The molecule has 7 heteroatoms. The maximum atomic E-state index is 13.0.